The number of Topliss-reactive ketones (excluding diaryl/α,β-unsaturated/α-hetero) is 1. The topological polar surface area (TPSA) is 44.1 Å². The lowest BCUT2D eigenvalue weighted by Gasteiger charge is -2.37. The molecule has 4 nitrogen and oxygen atoms in total. The van der Waals surface area contributed by atoms with Gasteiger partial charge in [0.15, 0.2) is 5.78 Å². The number of imidazole rings is 1. The van der Waals surface area contributed by atoms with Gasteiger partial charge in [-0.25, -0.2) is 4.98 Å². The van der Waals surface area contributed by atoms with Gasteiger partial charge in [-0.1, -0.05) is 13.3 Å². The molecule has 0 amide bonds. The molecular formula is C14H22N2O2. The van der Waals surface area contributed by atoms with E-state index in [1.165, 1.54) is 6.42 Å². The average Bonchev–Trinajstić information content (AvgIpc) is 2.75. The van der Waals surface area contributed by atoms with Crippen LogP contribution in [0.4, 0.5) is 0 Å². The van der Waals surface area contributed by atoms with Crippen LogP contribution >= 0.6 is 0 Å². The van der Waals surface area contributed by atoms with Crippen molar-refractivity contribution in [1.29, 1.82) is 0 Å². The number of nitrogens with zero attached hydrogens (tertiary/aromatic N) is 2. The summed E-state index contributed by atoms with van der Waals surface area (Å²) in [4.78, 5) is 16.8. The number of hydrogen-bond donors (Lipinski definition) is 0. The monoisotopic (exact) mass is 250 g/mol. The van der Waals surface area contributed by atoms with Crippen molar-refractivity contribution in [2.45, 2.75) is 44.6 Å². The van der Waals surface area contributed by atoms with Gasteiger partial charge in [-0.3, -0.25) is 4.79 Å². The molecule has 1 aromatic heterocycles. The summed E-state index contributed by atoms with van der Waals surface area (Å²) in [5.41, 5.74) is -0.580. The van der Waals surface area contributed by atoms with Gasteiger partial charge < -0.3 is 9.30 Å². The Labute approximate surface area is 108 Å². The Bertz CT molecular complexity index is 427. The summed E-state index contributed by atoms with van der Waals surface area (Å²) in [6, 6.07) is 0. The van der Waals surface area contributed by atoms with Crippen molar-refractivity contribution in [2.75, 3.05) is 7.11 Å². The van der Waals surface area contributed by atoms with E-state index in [9.17, 15) is 4.79 Å². The molecule has 0 N–H and O–H groups in total. The Morgan fingerprint density at radius 3 is 3.00 bits per heavy atom. The largest absolute Gasteiger partial charge is 0.370 e. The van der Waals surface area contributed by atoms with E-state index in [4.69, 9.17) is 4.74 Å². The van der Waals surface area contributed by atoms with Crippen LogP contribution in [0, 0.1) is 5.92 Å². The molecule has 0 saturated heterocycles. The fourth-order valence-electron chi connectivity index (χ4n) is 2.93. The van der Waals surface area contributed by atoms with Crippen LogP contribution in [-0.4, -0.2) is 28.0 Å². The highest BCUT2D eigenvalue weighted by Gasteiger charge is 2.41. The highest BCUT2D eigenvalue weighted by molar-refractivity contribution is 5.88. The predicted molar refractivity (Wildman–Crippen MR) is 69.3 cm³/mol. The molecule has 1 aliphatic carbocycles. The Morgan fingerprint density at radius 2 is 2.44 bits per heavy atom. The molecule has 0 bridgehead atoms. The minimum atomic E-state index is -0.580. The molecule has 0 spiro atoms. The summed E-state index contributed by atoms with van der Waals surface area (Å²) in [6.45, 7) is 2.20. The smallest absolute Gasteiger partial charge is 0.172 e. The van der Waals surface area contributed by atoms with Crippen LogP contribution in [0.2, 0.25) is 0 Å². The van der Waals surface area contributed by atoms with Gasteiger partial charge in [0.25, 0.3) is 0 Å². The van der Waals surface area contributed by atoms with Crippen molar-refractivity contribution in [2.24, 2.45) is 13.0 Å². The molecule has 2 atom stereocenters. The zero-order chi connectivity index (χ0) is 13.2. The molecule has 18 heavy (non-hydrogen) atoms. The fraction of sp³-hybridized carbons (Fsp3) is 0.714. The second kappa shape index (κ2) is 5.22. The number of hydrogen-bond acceptors (Lipinski definition) is 3. The number of rotatable bonds is 4. The summed E-state index contributed by atoms with van der Waals surface area (Å²) in [5, 5.41) is 0. The molecule has 1 heterocycles. The maximum Gasteiger partial charge on any atom is 0.172 e. The molecule has 1 fully saturated rings. The van der Waals surface area contributed by atoms with Gasteiger partial charge in [0.2, 0.25) is 0 Å². The lowest BCUT2D eigenvalue weighted by atomic mass is 9.75. The Hall–Kier alpha value is -1.16. The molecule has 1 saturated carbocycles. The van der Waals surface area contributed by atoms with E-state index in [2.05, 4.69) is 11.9 Å². The first-order valence-corrected chi connectivity index (χ1v) is 6.62. The summed E-state index contributed by atoms with van der Waals surface area (Å²) in [7, 11) is 3.58. The van der Waals surface area contributed by atoms with Gasteiger partial charge in [0.05, 0.1) is 6.42 Å². The number of aryl methyl sites for hydroxylation is 1. The van der Waals surface area contributed by atoms with Gasteiger partial charge in [0, 0.05) is 26.6 Å². The molecule has 2 unspecified atom stereocenters. The molecule has 1 aromatic rings. The lowest BCUT2D eigenvalue weighted by molar-refractivity contribution is -0.146. The van der Waals surface area contributed by atoms with E-state index in [0.29, 0.717) is 12.3 Å². The number of methoxy groups -OCH3 is 1. The Morgan fingerprint density at radius 1 is 1.67 bits per heavy atom. The van der Waals surface area contributed by atoms with Crippen molar-refractivity contribution in [3.63, 3.8) is 0 Å². The van der Waals surface area contributed by atoms with Crippen molar-refractivity contribution >= 4 is 5.78 Å². The Kier molecular flexibility index (Phi) is 3.85. The molecule has 0 radical (unpaired) electrons. The third kappa shape index (κ3) is 2.48. The maximum atomic E-state index is 12.5. The van der Waals surface area contributed by atoms with Crippen LogP contribution in [-0.2, 0) is 23.0 Å². The lowest BCUT2D eigenvalue weighted by Crippen LogP contribution is -2.45. The van der Waals surface area contributed by atoms with Crippen LogP contribution in [0.5, 0.6) is 0 Å². The van der Waals surface area contributed by atoms with Gasteiger partial charge in [0.1, 0.15) is 11.4 Å². The Balaban J connectivity index is 2.12. The van der Waals surface area contributed by atoms with E-state index in [-0.39, 0.29) is 5.78 Å². The first kappa shape index (κ1) is 13.3. The van der Waals surface area contributed by atoms with Crippen LogP contribution in [0.1, 0.15) is 38.4 Å². The quantitative estimate of drug-likeness (QED) is 0.822. The van der Waals surface area contributed by atoms with Crippen molar-refractivity contribution in [3.8, 4) is 0 Å². The number of aromatic nitrogens is 2. The number of ketones is 1. The summed E-state index contributed by atoms with van der Waals surface area (Å²) in [5.74, 6) is 1.55. The van der Waals surface area contributed by atoms with Crippen LogP contribution < -0.4 is 0 Å². The predicted octanol–water partition coefficient (Wildman–Crippen LogP) is 2.13. The van der Waals surface area contributed by atoms with Gasteiger partial charge >= 0.3 is 0 Å². The van der Waals surface area contributed by atoms with Crippen molar-refractivity contribution < 1.29 is 9.53 Å². The number of ether oxygens (including phenoxy) is 1. The standard InChI is InChI=1S/C14H22N2O2/c1-11-5-4-6-14(10-11,18-3)12(17)9-13-15-7-8-16(13)2/h7-8,11H,4-6,9-10H2,1-3H3. The molecule has 0 aromatic carbocycles. The number of carbonyl (C=O) groups excluding carboxylic acids is 1. The molecule has 100 valence electrons. The molecule has 1 aliphatic rings. The van der Waals surface area contributed by atoms with Crippen LogP contribution in [0.25, 0.3) is 0 Å². The van der Waals surface area contributed by atoms with E-state index in [1.54, 1.807) is 13.3 Å². The molecular weight excluding hydrogens is 228 g/mol. The summed E-state index contributed by atoms with van der Waals surface area (Å²) in [6.07, 6.45) is 7.91. The summed E-state index contributed by atoms with van der Waals surface area (Å²) < 4.78 is 7.51. The minimum absolute atomic E-state index is 0.172. The zero-order valence-electron chi connectivity index (χ0n) is 11.5. The minimum Gasteiger partial charge on any atom is -0.370 e. The van der Waals surface area contributed by atoms with E-state index < -0.39 is 5.60 Å². The van der Waals surface area contributed by atoms with Crippen LogP contribution in [0.3, 0.4) is 0 Å². The maximum absolute atomic E-state index is 12.5. The fourth-order valence-corrected chi connectivity index (χ4v) is 2.93. The normalized spacial score (nSPS) is 28.3. The second-order valence-electron chi connectivity index (χ2n) is 5.45. The van der Waals surface area contributed by atoms with Gasteiger partial charge in [-0.15, -0.1) is 0 Å². The highest BCUT2D eigenvalue weighted by atomic mass is 16.5. The molecule has 0 aliphatic heterocycles. The van der Waals surface area contributed by atoms with Gasteiger partial charge in [-0.2, -0.15) is 0 Å². The SMILES string of the molecule is COC1(C(=O)Cc2nccn2C)CCCC(C)C1. The van der Waals surface area contributed by atoms with Gasteiger partial charge in [-0.05, 0) is 25.2 Å². The third-order valence-corrected chi connectivity index (χ3v) is 4.09. The van der Waals surface area contributed by atoms with E-state index >= 15 is 0 Å². The first-order valence-electron chi connectivity index (χ1n) is 6.62. The van der Waals surface area contributed by atoms with Crippen molar-refractivity contribution in [1.82, 2.24) is 9.55 Å². The summed E-state index contributed by atoms with van der Waals surface area (Å²) >= 11 is 0. The third-order valence-electron chi connectivity index (χ3n) is 4.09. The van der Waals surface area contributed by atoms with Crippen LogP contribution in [0.15, 0.2) is 12.4 Å². The van der Waals surface area contributed by atoms with Crippen molar-refractivity contribution in [3.05, 3.63) is 18.2 Å². The molecule has 4 heteroatoms. The first-order chi connectivity index (χ1) is 8.57. The van der Waals surface area contributed by atoms with E-state index in [0.717, 1.165) is 25.1 Å². The van der Waals surface area contributed by atoms with E-state index in [1.807, 2.05) is 17.8 Å². The average molecular weight is 250 g/mol. The zero-order valence-corrected chi connectivity index (χ0v) is 11.5. The highest BCUT2D eigenvalue weighted by Crippen LogP contribution is 2.36. The number of carbonyl (C=O) groups is 1. The molecule has 2 rings (SSSR count). The second-order valence-corrected chi connectivity index (χ2v) is 5.45.